The lowest BCUT2D eigenvalue weighted by molar-refractivity contribution is 0.102. The van der Waals surface area contributed by atoms with Crippen LogP contribution in [0.5, 0.6) is 5.75 Å². The largest absolute Gasteiger partial charge is 0.492 e. The molecule has 3 aromatic rings. The van der Waals surface area contributed by atoms with E-state index in [2.05, 4.69) is 15.6 Å². The Bertz CT molecular complexity index is 1200. The molecule has 0 radical (unpaired) electrons. The SMILES string of the molecule is Cc1cccc(COC(=O)N[C@H]2CCOc3c(C(=O)Nc4ccc(F)c(F)c4)cccc32)n1. The maximum atomic E-state index is 13.5. The Balaban J connectivity index is 1.45. The summed E-state index contributed by atoms with van der Waals surface area (Å²) in [4.78, 5) is 29.4. The predicted molar refractivity (Wildman–Crippen MR) is 116 cm³/mol. The van der Waals surface area contributed by atoms with Gasteiger partial charge in [0.1, 0.15) is 12.4 Å². The van der Waals surface area contributed by atoms with Gasteiger partial charge in [0.25, 0.3) is 5.91 Å². The predicted octanol–water partition coefficient (Wildman–Crippen LogP) is 4.67. The molecular formula is C24H21F2N3O4. The number of alkyl carbamates (subject to hydrolysis) is 1. The van der Waals surface area contributed by atoms with Crippen molar-refractivity contribution >= 4 is 17.7 Å². The highest BCUT2D eigenvalue weighted by atomic mass is 19.2. The Morgan fingerprint density at radius 3 is 2.73 bits per heavy atom. The number of nitrogens with one attached hydrogen (secondary N) is 2. The number of fused-ring (bicyclic) bond motifs is 1. The van der Waals surface area contributed by atoms with E-state index in [0.29, 0.717) is 23.4 Å². The van der Waals surface area contributed by atoms with Crippen molar-refractivity contribution in [3.63, 3.8) is 0 Å². The standard InChI is InChI=1S/C24H21F2N3O4/c1-14-4-2-5-16(27-14)13-33-24(31)29-21-10-11-32-22-17(21)6-3-7-18(22)23(30)28-15-8-9-19(25)20(26)12-15/h2-9,12,21H,10-11,13H2,1H3,(H,28,30)(H,29,31)/t21-/m0/s1. The van der Waals surface area contributed by atoms with E-state index in [1.807, 2.05) is 19.1 Å². The second kappa shape index (κ2) is 9.64. The van der Waals surface area contributed by atoms with E-state index in [0.717, 1.165) is 17.8 Å². The fraction of sp³-hybridized carbons (Fsp3) is 0.208. The molecule has 170 valence electrons. The lowest BCUT2D eigenvalue weighted by Crippen LogP contribution is -2.33. The smallest absolute Gasteiger partial charge is 0.408 e. The van der Waals surface area contributed by atoms with Gasteiger partial charge in [-0.15, -0.1) is 0 Å². The molecule has 0 saturated heterocycles. The molecule has 0 aliphatic carbocycles. The van der Waals surface area contributed by atoms with Gasteiger partial charge < -0.3 is 20.1 Å². The molecule has 2 amide bonds. The number of carbonyl (C=O) groups is 2. The van der Waals surface area contributed by atoms with Crippen LogP contribution in [0.3, 0.4) is 0 Å². The summed E-state index contributed by atoms with van der Waals surface area (Å²) in [6.45, 7) is 2.15. The molecule has 0 bridgehead atoms. The second-order valence-electron chi connectivity index (χ2n) is 7.49. The zero-order chi connectivity index (χ0) is 23.4. The van der Waals surface area contributed by atoms with Crippen LogP contribution in [0.4, 0.5) is 19.3 Å². The van der Waals surface area contributed by atoms with Crippen molar-refractivity contribution < 1.29 is 27.8 Å². The van der Waals surface area contributed by atoms with E-state index >= 15 is 0 Å². The molecule has 0 fully saturated rings. The molecule has 2 heterocycles. The van der Waals surface area contributed by atoms with Crippen molar-refractivity contribution in [2.75, 3.05) is 11.9 Å². The number of aromatic nitrogens is 1. The van der Waals surface area contributed by atoms with Crippen molar-refractivity contribution in [3.8, 4) is 5.75 Å². The fourth-order valence-corrected chi connectivity index (χ4v) is 3.53. The molecule has 2 aromatic carbocycles. The minimum absolute atomic E-state index is 0.0280. The van der Waals surface area contributed by atoms with Gasteiger partial charge in [-0.25, -0.2) is 13.6 Å². The highest BCUT2D eigenvalue weighted by molar-refractivity contribution is 6.06. The first kappa shape index (κ1) is 22.2. The van der Waals surface area contributed by atoms with Gasteiger partial charge in [-0.3, -0.25) is 9.78 Å². The number of ether oxygens (including phenoxy) is 2. The maximum Gasteiger partial charge on any atom is 0.408 e. The first-order valence-electron chi connectivity index (χ1n) is 10.3. The van der Waals surface area contributed by atoms with E-state index < -0.39 is 29.7 Å². The summed E-state index contributed by atoms with van der Waals surface area (Å²) in [5.41, 5.74) is 2.39. The third-order valence-corrected chi connectivity index (χ3v) is 5.09. The molecule has 1 aliphatic rings. The van der Waals surface area contributed by atoms with E-state index in [9.17, 15) is 18.4 Å². The minimum atomic E-state index is -1.07. The van der Waals surface area contributed by atoms with Crippen LogP contribution in [0.2, 0.25) is 0 Å². The van der Waals surface area contributed by atoms with E-state index in [1.165, 1.54) is 6.07 Å². The number of nitrogens with zero attached hydrogens (tertiary/aromatic N) is 1. The van der Waals surface area contributed by atoms with Crippen molar-refractivity contribution in [3.05, 3.63) is 88.7 Å². The topological polar surface area (TPSA) is 89.5 Å². The summed E-state index contributed by atoms with van der Waals surface area (Å²) >= 11 is 0. The summed E-state index contributed by atoms with van der Waals surface area (Å²) in [5.74, 6) is -2.31. The molecule has 2 N–H and O–H groups in total. The molecular weight excluding hydrogens is 432 g/mol. The Morgan fingerprint density at radius 2 is 1.94 bits per heavy atom. The average Bonchev–Trinajstić information content (AvgIpc) is 2.80. The lowest BCUT2D eigenvalue weighted by Gasteiger charge is -2.27. The third kappa shape index (κ3) is 5.25. The molecule has 0 spiro atoms. The van der Waals surface area contributed by atoms with Gasteiger partial charge >= 0.3 is 6.09 Å². The quantitative estimate of drug-likeness (QED) is 0.586. The molecule has 0 unspecified atom stereocenters. The first-order chi connectivity index (χ1) is 15.9. The summed E-state index contributed by atoms with van der Waals surface area (Å²) in [6, 6.07) is 13.1. The molecule has 1 aromatic heterocycles. The fourth-order valence-electron chi connectivity index (χ4n) is 3.53. The van der Waals surface area contributed by atoms with Crippen LogP contribution in [0.1, 0.15) is 39.8 Å². The van der Waals surface area contributed by atoms with Crippen LogP contribution in [0.25, 0.3) is 0 Å². The summed E-state index contributed by atoms with van der Waals surface area (Å²) in [6.07, 6.45) is -0.133. The van der Waals surface area contributed by atoms with E-state index in [4.69, 9.17) is 9.47 Å². The number of hydrogen-bond donors (Lipinski definition) is 2. The molecule has 9 heteroatoms. The van der Waals surface area contributed by atoms with Crippen LogP contribution in [0, 0.1) is 18.6 Å². The zero-order valence-corrected chi connectivity index (χ0v) is 17.7. The van der Waals surface area contributed by atoms with Gasteiger partial charge in [0.05, 0.1) is 23.9 Å². The Morgan fingerprint density at radius 1 is 1.12 bits per heavy atom. The monoisotopic (exact) mass is 453 g/mol. The summed E-state index contributed by atoms with van der Waals surface area (Å²) in [5, 5.41) is 5.33. The van der Waals surface area contributed by atoms with Crippen LogP contribution < -0.4 is 15.4 Å². The van der Waals surface area contributed by atoms with E-state index in [-0.39, 0.29) is 24.5 Å². The third-order valence-electron chi connectivity index (χ3n) is 5.09. The van der Waals surface area contributed by atoms with Gasteiger partial charge in [0.2, 0.25) is 0 Å². The van der Waals surface area contributed by atoms with Gasteiger partial charge in [-0.1, -0.05) is 18.2 Å². The Hall–Kier alpha value is -4.01. The number of rotatable bonds is 5. The van der Waals surface area contributed by atoms with Gasteiger partial charge in [-0.2, -0.15) is 0 Å². The number of hydrogen-bond acceptors (Lipinski definition) is 5. The van der Waals surface area contributed by atoms with Crippen molar-refractivity contribution in [2.24, 2.45) is 0 Å². The molecule has 4 rings (SSSR count). The average molecular weight is 453 g/mol. The molecule has 0 saturated carbocycles. The second-order valence-corrected chi connectivity index (χ2v) is 7.49. The number of carbonyl (C=O) groups excluding carboxylic acids is 2. The zero-order valence-electron chi connectivity index (χ0n) is 17.7. The molecule has 1 atom stereocenters. The summed E-state index contributed by atoms with van der Waals surface area (Å²) < 4.78 is 37.6. The van der Waals surface area contributed by atoms with Crippen LogP contribution in [0.15, 0.2) is 54.6 Å². The van der Waals surface area contributed by atoms with Crippen molar-refractivity contribution in [2.45, 2.75) is 26.0 Å². The minimum Gasteiger partial charge on any atom is -0.492 e. The number of anilines is 1. The number of aryl methyl sites for hydroxylation is 1. The van der Waals surface area contributed by atoms with Crippen molar-refractivity contribution in [1.82, 2.24) is 10.3 Å². The highest BCUT2D eigenvalue weighted by Crippen LogP contribution is 2.35. The van der Waals surface area contributed by atoms with Crippen LogP contribution >= 0.6 is 0 Å². The Kier molecular flexibility index (Phi) is 6.48. The number of amides is 2. The highest BCUT2D eigenvalue weighted by Gasteiger charge is 2.27. The van der Waals surface area contributed by atoms with Gasteiger partial charge in [0.15, 0.2) is 11.6 Å². The maximum absolute atomic E-state index is 13.5. The number of benzene rings is 2. The van der Waals surface area contributed by atoms with Crippen LogP contribution in [-0.2, 0) is 11.3 Å². The molecule has 1 aliphatic heterocycles. The first-order valence-corrected chi connectivity index (χ1v) is 10.3. The molecule has 33 heavy (non-hydrogen) atoms. The van der Waals surface area contributed by atoms with Gasteiger partial charge in [-0.05, 0) is 37.3 Å². The van der Waals surface area contributed by atoms with E-state index in [1.54, 1.807) is 24.3 Å². The normalized spacial score (nSPS) is 14.6. The van der Waals surface area contributed by atoms with Crippen LogP contribution in [-0.4, -0.2) is 23.6 Å². The van der Waals surface area contributed by atoms with Gasteiger partial charge in [0, 0.05) is 29.4 Å². The van der Waals surface area contributed by atoms with Crippen molar-refractivity contribution in [1.29, 1.82) is 0 Å². The number of halogens is 2. The molecule has 7 nitrogen and oxygen atoms in total. The lowest BCUT2D eigenvalue weighted by atomic mass is 9.97. The number of para-hydroxylation sites is 1. The summed E-state index contributed by atoms with van der Waals surface area (Å²) in [7, 11) is 0. The Labute approximate surface area is 188 Å². The number of pyridine rings is 1.